The first-order valence-corrected chi connectivity index (χ1v) is 6.57. The number of anilines is 2. The van der Waals surface area contributed by atoms with Crippen molar-refractivity contribution in [3.63, 3.8) is 0 Å². The van der Waals surface area contributed by atoms with Crippen LogP contribution < -0.4 is 11.1 Å². The molecule has 21 heavy (non-hydrogen) atoms. The zero-order valence-corrected chi connectivity index (χ0v) is 11.2. The lowest BCUT2D eigenvalue weighted by Crippen LogP contribution is -2.14. The maximum atomic E-state index is 12.1. The highest BCUT2D eigenvalue weighted by Gasteiger charge is 2.30. The molecule has 1 heterocycles. The highest BCUT2D eigenvalue weighted by molar-refractivity contribution is 6.03. The number of hydrogen-bond acceptors (Lipinski definition) is 3. The van der Waals surface area contributed by atoms with Crippen LogP contribution in [0.4, 0.5) is 11.4 Å². The smallest absolute Gasteiger partial charge is 0.335 e. The molecule has 2 aromatic carbocycles. The second-order valence-corrected chi connectivity index (χ2v) is 5.09. The van der Waals surface area contributed by atoms with Gasteiger partial charge < -0.3 is 16.2 Å². The molecule has 0 aliphatic carbocycles. The van der Waals surface area contributed by atoms with Gasteiger partial charge in [-0.05, 0) is 41.8 Å². The standard InChI is InChI=1S/C16H14N2O3/c17-11-5-6-12-13(15(19)18-14(12)8-11)7-9-1-3-10(4-2-9)16(20)21/h1-6,8,13H,7,17H2,(H,18,19)(H,20,21). The molecule has 1 unspecified atom stereocenters. The number of carbonyl (C=O) groups is 2. The number of nitrogen functional groups attached to an aromatic ring is 1. The van der Waals surface area contributed by atoms with Gasteiger partial charge in [0.2, 0.25) is 5.91 Å². The van der Waals surface area contributed by atoms with E-state index in [4.69, 9.17) is 10.8 Å². The Kier molecular flexibility index (Phi) is 3.10. The molecule has 106 valence electrons. The number of rotatable bonds is 3. The fourth-order valence-electron chi connectivity index (χ4n) is 2.57. The number of nitrogens with two attached hydrogens (primary N) is 1. The molecule has 0 saturated carbocycles. The van der Waals surface area contributed by atoms with Gasteiger partial charge in [-0.1, -0.05) is 18.2 Å². The predicted octanol–water partition coefficient (Wildman–Crippen LogP) is 2.25. The Labute approximate surface area is 121 Å². The second kappa shape index (κ2) is 4.94. The normalized spacial score (nSPS) is 16.4. The summed E-state index contributed by atoms with van der Waals surface area (Å²) in [5, 5.41) is 11.7. The van der Waals surface area contributed by atoms with Crippen LogP contribution in [-0.2, 0) is 11.2 Å². The quantitative estimate of drug-likeness (QED) is 0.753. The molecule has 0 bridgehead atoms. The van der Waals surface area contributed by atoms with Gasteiger partial charge in [0.1, 0.15) is 0 Å². The number of nitrogens with one attached hydrogen (secondary N) is 1. The second-order valence-electron chi connectivity index (χ2n) is 5.09. The summed E-state index contributed by atoms with van der Waals surface area (Å²) in [5.74, 6) is -1.28. The number of aromatic carboxylic acids is 1. The third-order valence-electron chi connectivity index (χ3n) is 3.67. The summed E-state index contributed by atoms with van der Waals surface area (Å²) >= 11 is 0. The van der Waals surface area contributed by atoms with E-state index in [1.807, 2.05) is 6.07 Å². The number of carboxylic acids is 1. The van der Waals surface area contributed by atoms with Crippen molar-refractivity contribution >= 4 is 23.3 Å². The van der Waals surface area contributed by atoms with Crippen molar-refractivity contribution in [3.8, 4) is 0 Å². The molecule has 5 nitrogen and oxygen atoms in total. The van der Waals surface area contributed by atoms with Gasteiger partial charge in [0.25, 0.3) is 0 Å². The molecule has 0 spiro atoms. The van der Waals surface area contributed by atoms with Crippen LogP contribution in [0.25, 0.3) is 0 Å². The first kappa shape index (κ1) is 13.2. The van der Waals surface area contributed by atoms with Gasteiger partial charge in [0.05, 0.1) is 11.5 Å². The Balaban J connectivity index is 1.85. The van der Waals surface area contributed by atoms with E-state index in [1.165, 1.54) is 0 Å². The van der Waals surface area contributed by atoms with E-state index in [0.29, 0.717) is 12.1 Å². The van der Waals surface area contributed by atoms with E-state index in [1.54, 1.807) is 36.4 Å². The molecule has 0 saturated heterocycles. The van der Waals surface area contributed by atoms with E-state index >= 15 is 0 Å². The maximum Gasteiger partial charge on any atom is 0.335 e. The Morgan fingerprint density at radius 1 is 1.19 bits per heavy atom. The van der Waals surface area contributed by atoms with E-state index < -0.39 is 5.97 Å². The Morgan fingerprint density at radius 2 is 1.90 bits per heavy atom. The highest BCUT2D eigenvalue weighted by atomic mass is 16.4. The number of fused-ring (bicyclic) bond motifs is 1. The largest absolute Gasteiger partial charge is 0.478 e. The highest BCUT2D eigenvalue weighted by Crippen LogP contribution is 2.35. The van der Waals surface area contributed by atoms with Crippen LogP contribution in [-0.4, -0.2) is 17.0 Å². The van der Waals surface area contributed by atoms with Crippen molar-refractivity contribution in [3.05, 3.63) is 59.2 Å². The number of carbonyl (C=O) groups excluding carboxylic acids is 1. The molecule has 1 amide bonds. The van der Waals surface area contributed by atoms with Crippen LogP contribution in [0.2, 0.25) is 0 Å². The van der Waals surface area contributed by atoms with Crippen molar-refractivity contribution < 1.29 is 14.7 Å². The number of hydrogen-bond donors (Lipinski definition) is 3. The van der Waals surface area contributed by atoms with Crippen molar-refractivity contribution in [1.82, 2.24) is 0 Å². The lowest BCUT2D eigenvalue weighted by molar-refractivity contribution is -0.117. The van der Waals surface area contributed by atoms with E-state index in [-0.39, 0.29) is 17.4 Å². The van der Waals surface area contributed by atoms with Crippen molar-refractivity contribution in [2.45, 2.75) is 12.3 Å². The van der Waals surface area contributed by atoms with Crippen molar-refractivity contribution in [1.29, 1.82) is 0 Å². The molecule has 0 aromatic heterocycles. The van der Waals surface area contributed by atoms with E-state index in [9.17, 15) is 9.59 Å². The average Bonchev–Trinajstić information content (AvgIpc) is 2.75. The zero-order chi connectivity index (χ0) is 15.0. The summed E-state index contributed by atoms with van der Waals surface area (Å²) in [6, 6.07) is 12.0. The molecule has 1 aliphatic heterocycles. The summed E-state index contributed by atoms with van der Waals surface area (Å²) < 4.78 is 0. The summed E-state index contributed by atoms with van der Waals surface area (Å²) in [5.41, 5.74) is 9.17. The predicted molar refractivity (Wildman–Crippen MR) is 79.3 cm³/mol. The average molecular weight is 282 g/mol. The summed E-state index contributed by atoms with van der Waals surface area (Å²) in [7, 11) is 0. The molecule has 0 fully saturated rings. The number of amides is 1. The lowest BCUT2D eigenvalue weighted by atomic mass is 9.92. The van der Waals surface area contributed by atoms with Crippen LogP contribution in [0.15, 0.2) is 42.5 Å². The monoisotopic (exact) mass is 282 g/mol. The molecule has 1 aliphatic rings. The van der Waals surface area contributed by atoms with Gasteiger partial charge in [-0.2, -0.15) is 0 Å². The zero-order valence-electron chi connectivity index (χ0n) is 11.2. The fraction of sp³-hybridized carbons (Fsp3) is 0.125. The van der Waals surface area contributed by atoms with E-state index in [2.05, 4.69) is 5.32 Å². The van der Waals surface area contributed by atoms with Crippen LogP contribution in [0, 0.1) is 0 Å². The molecular formula is C16H14N2O3. The van der Waals surface area contributed by atoms with Gasteiger partial charge in [-0.15, -0.1) is 0 Å². The summed E-state index contributed by atoms with van der Waals surface area (Å²) in [6.45, 7) is 0. The SMILES string of the molecule is Nc1ccc2c(c1)NC(=O)C2Cc1ccc(C(=O)O)cc1. The molecule has 0 radical (unpaired) electrons. The molecule has 1 atom stereocenters. The van der Waals surface area contributed by atoms with Gasteiger partial charge in [-0.25, -0.2) is 4.79 Å². The van der Waals surface area contributed by atoms with Crippen LogP contribution >= 0.6 is 0 Å². The third kappa shape index (κ3) is 2.45. The molecule has 2 aromatic rings. The number of benzene rings is 2. The molecule has 4 N–H and O–H groups in total. The number of carboxylic acid groups (broad SMARTS) is 1. The van der Waals surface area contributed by atoms with Gasteiger partial charge in [0.15, 0.2) is 0 Å². The third-order valence-corrected chi connectivity index (χ3v) is 3.67. The first-order valence-electron chi connectivity index (χ1n) is 6.57. The Bertz CT molecular complexity index is 723. The van der Waals surface area contributed by atoms with Crippen LogP contribution in [0.1, 0.15) is 27.4 Å². The topological polar surface area (TPSA) is 92.4 Å². The van der Waals surface area contributed by atoms with Gasteiger partial charge in [-0.3, -0.25) is 4.79 Å². The Morgan fingerprint density at radius 3 is 2.57 bits per heavy atom. The van der Waals surface area contributed by atoms with Crippen molar-refractivity contribution in [2.24, 2.45) is 0 Å². The summed E-state index contributed by atoms with van der Waals surface area (Å²) in [4.78, 5) is 22.9. The molecular weight excluding hydrogens is 268 g/mol. The first-order chi connectivity index (χ1) is 10.0. The molecule has 3 rings (SSSR count). The summed E-state index contributed by atoms with van der Waals surface area (Å²) in [6.07, 6.45) is 0.530. The van der Waals surface area contributed by atoms with E-state index in [0.717, 1.165) is 16.8 Å². The van der Waals surface area contributed by atoms with Gasteiger partial charge in [0, 0.05) is 11.4 Å². The fourth-order valence-corrected chi connectivity index (χ4v) is 2.57. The maximum absolute atomic E-state index is 12.1. The van der Waals surface area contributed by atoms with Crippen molar-refractivity contribution in [2.75, 3.05) is 11.1 Å². The minimum Gasteiger partial charge on any atom is -0.478 e. The van der Waals surface area contributed by atoms with Crippen LogP contribution in [0.3, 0.4) is 0 Å². The lowest BCUT2D eigenvalue weighted by Gasteiger charge is -2.09. The van der Waals surface area contributed by atoms with Crippen LogP contribution in [0.5, 0.6) is 0 Å². The minimum atomic E-state index is -0.957. The molecule has 5 heteroatoms. The minimum absolute atomic E-state index is 0.0575. The van der Waals surface area contributed by atoms with Gasteiger partial charge >= 0.3 is 5.97 Å². The Hall–Kier alpha value is -2.82.